The molecule has 8 aromatic rings. The van der Waals surface area contributed by atoms with E-state index < -0.39 is 36.1 Å². The number of fused-ring (bicyclic) bond motifs is 5. The molecule has 81 heavy (non-hydrogen) atoms. The highest BCUT2D eigenvalue weighted by atomic mass is 35.5. The summed E-state index contributed by atoms with van der Waals surface area (Å²) in [6.45, 7) is 3.01. The van der Waals surface area contributed by atoms with Crippen molar-refractivity contribution in [3.05, 3.63) is 221 Å². The molecule has 1 atom stereocenters. The summed E-state index contributed by atoms with van der Waals surface area (Å²) in [4.78, 5) is 30.6. The Balaban J connectivity index is 0.000000146. The number of thiocarbonyl (C=S) groups is 1. The van der Waals surface area contributed by atoms with E-state index in [-0.39, 0.29) is 34.3 Å². The second-order valence-electron chi connectivity index (χ2n) is 17.9. The van der Waals surface area contributed by atoms with Gasteiger partial charge in [0.2, 0.25) is 0 Å². The largest absolute Gasteiger partial charge is 0.493 e. The summed E-state index contributed by atoms with van der Waals surface area (Å²) in [6.07, 6.45) is -3.74. The molecule has 6 aromatic carbocycles. The molecule has 416 valence electrons. The number of ether oxygens (including phenoxy) is 2. The van der Waals surface area contributed by atoms with Crippen molar-refractivity contribution in [1.29, 1.82) is 0 Å². The van der Waals surface area contributed by atoms with Gasteiger partial charge >= 0.3 is 12.1 Å². The number of rotatable bonds is 8. The van der Waals surface area contributed by atoms with Gasteiger partial charge in [0, 0.05) is 66.6 Å². The molecular formula is C57H47Cl3F4N10O6S. The molecule has 5 heterocycles. The highest BCUT2D eigenvalue weighted by molar-refractivity contribution is 7.80. The third kappa shape index (κ3) is 14.2. The van der Waals surface area contributed by atoms with E-state index in [1.807, 2.05) is 96.4 Å². The van der Waals surface area contributed by atoms with Crippen LogP contribution < -0.4 is 25.7 Å². The van der Waals surface area contributed by atoms with Gasteiger partial charge < -0.3 is 29.7 Å². The number of aliphatic carboxylic acids is 1. The number of halogens is 7. The number of benzene rings is 6. The molecule has 0 saturated heterocycles. The number of aryl methyl sites for hydroxylation is 1. The van der Waals surface area contributed by atoms with Gasteiger partial charge in [-0.15, -0.1) is 15.3 Å². The lowest BCUT2D eigenvalue weighted by molar-refractivity contribution is -0.139. The normalized spacial score (nSPS) is 13.7. The molecule has 0 radical (unpaired) electrons. The number of hydrogen-bond acceptors (Lipinski definition) is 13. The predicted octanol–water partition coefficient (Wildman–Crippen LogP) is 11.8. The standard InChI is InChI=1S/C18H17ClN2O2.C17H11ClF4N2S.C17H13ClN4.C5H6N2O4/c1-11-7-13-9-16(22-2)17(23-3)10-15(13)18(21-20-11)12-5-4-6-14(19)8-12;18-10-5-6-14-12(7-10)16(11-3-1-2-4-13(11)19)23-8-15(25)24(14)9-17(20,21)22;1-11-20-21-16-10-19-17(12-5-3-2-4-6-12)14-9-13(18)7-8-15(14)22(11)16;6-4(5(9)10)2-1-3(8)7-11-2/h4-6,8-10H,7H2,1-3H3;1-7H,8-9H2;2-9H,10H2,1H3;1,4H,6H2,(H,7,8)(H,9,10). The Kier molecular flexibility index (Phi) is 18.8. The van der Waals surface area contributed by atoms with E-state index in [9.17, 15) is 27.2 Å². The Bertz CT molecular complexity index is 3850. The van der Waals surface area contributed by atoms with Crippen molar-refractivity contribution in [2.24, 2.45) is 25.9 Å². The van der Waals surface area contributed by atoms with Crippen LogP contribution in [0.2, 0.25) is 15.1 Å². The van der Waals surface area contributed by atoms with E-state index in [1.165, 1.54) is 36.4 Å². The zero-order valence-electron chi connectivity index (χ0n) is 43.3. The monoisotopic (exact) mass is 1180 g/mol. The summed E-state index contributed by atoms with van der Waals surface area (Å²) in [5.41, 5.74) is 14.2. The van der Waals surface area contributed by atoms with E-state index in [1.54, 1.807) is 20.3 Å². The first-order chi connectivity index (χ1) is 38.7. The first kappa shape index (κ1) is 58.8. The number of carbonyl (C=O) groups is 1. The van der Waals surface area contributed by atoms with Gasteiger partial charge in [0.15, 0.2) is 29.1 Å². The van der Waals surface area contributed by atoms with E-state index in [4.69, 9.17) is 72.3 Å². The number of carboxylic acids is 1. The van der Waals surface area contributed by atoms with Gasteiger partial charge in [-0.25, -0.2) is 4.39 Å². The Morgan fingerprint density at radius 3 is 2.01 bits per heavy atom. The molecule has 16 nitrogen and oxygen atoms in total. The van der Waals surface area contributed by atoms with Crippen molar-refractivity contribution in [1.82, 2.24) is 19.9 Å². The number of hydrogen-bond donors (Lipinski definition) is 3. The number of benzodiazepines with no additional fused rings is 1. The maximum Gasteiger partial charge on any atom is 0.406 e. The lowest BCUT2D eigenvalue weighted by atomic mass is 9.94. The fourth-order valence-corrected chi connectivity index (χ4v) is 9.38. The lowest BCUT2D eigenvalue weighted by Gasteiger charge is -2.26. The molecule has 4 N–H and O–H groups in total. The number of nitrogens with zero attached hydrogens (tertiary/aromatic N) is 8. The smallest absolute Gasteiger partial charge is 0.406 e. The highest BCUT2D eigenvalue weighted by Crippen LogP contribution is 2.35. The van der Waals surface area contributed by atoms with Crippen LogP contribution in [-0.2, 0) is 17.8 Å². The molecule has 0 bridgehead atoms. The van der Waals surface area contributed by atoms with Gasteiger partial charge in [0.1, 0.15) is 35.4 Å². The summed E-state index contributed by atoms with van der Waals surface area (Å²) in [6, 6.07) is 37.5. The van der Waals surface area contributed by atoms with Crippen LogP contribution in [0.4, 0.5) is 23.2 Å². The maximum absolute atomic E-state index is 14.2. The summed E-state index contributed by atoms with van der Waals surface area (Å²) < 4.78 is 70.5. The number of nitrogens with two attached hydrogens (primary N) is 1. The summed E-state index contributed by atoms with van der Waals surface area (Å²) in [7, 11) is 3.26. The molecule has 0 aliphatic carbocycles. The third-order valence-electron chi connectivity index (χ3n) is 12.3. The number of nitrogens with one attached hydrogen (secondary N) is 1. The molecule has 24 heteroatoms. The Labute approximate surface area is 480 Å². The van der Waals surface area contributed by atoms with Gasteiger partial charge in [-0.2, -0.15) is 23.4 Å². The summed E-state index contributed by atoms with van der Waals surface area (Å²) >= 11 is 23.5. The highest BCUT2D eigenvalue weighted by Gasteiger charge is 2.35. The number of carboxylic acid groups (broad SMARTS) is 1. The molecular weight excluding hydrogens is 1140 g/mol. The SMILES string of the molecule is COc1cc2c(cc1OC)C(c1cccc(Cl)c1)=NN=C(C)C2.Cc1nnc2n1-c1ccc(Cl)cc1C(c1ccccc1)=NC2.Fc1ccccc1C1=NCC(=S)N(CC(F)(F)F)c2ccc(Cl)cc21.NC(C(=O)O)c1cc(=O)[nH]o1. The number of methoxy groups -OCH3 is 2. The van der Waals surface area contributed by atoms with Gasteiger partial charge in [-0.3, -0.25) is 24.1 Å². The van der Waals surface area contributed by atoms with E-state index in [2.05, 4.69) is 42.0 Å². The van der Waals surface area contributed by atoms with E-state index in [0.717, 1.165) is 73.3 Å². The van der Waals surface area contributed by atoms with Crippen LogP contribution in [0, 0.1) is 12.7 Å². The zero-order chi connectivity index (χ0) is 58.1. The summed E-state index contributed by atoms with van der Waals surface area (Å²) in [5, 5.41) is 29.1. The van der Waals surface area contributed by atoms with Crippen molar-refractivity contribution in [2.75, 3.05) is 32.2 Å². The van der Waals surface area contributed by atoms with E-state index in [0.29, 0.717) is 45.1 Å². The lowest BCUT2D eigenvalue weighted by Crippen LogP contribution is -2.39. The predicted molar refractivity (Wildman–Crippen MR) is 309 cm³/mol. The van der Waals surface area contributed by atoms with Crippen LogP contribution in [0.1, 0.15) is 69.3 Å². The molecule has 0 amide bonds. The first-order valence-electron chi connectivity index (χ1n) is 24.3. The fourth-order valence-electron chi connectivity index (χ4n) is 8.62. The molecule has 0 saturated carbocycles. The quantitative estimate of drug-likeness (QED) is 0.0962. The van der Waals surface area contributed by atoms with Crippen LogP contribution in [0.25, 0.3) is 5.69 Å². The van der Waals surface area contributed by atoms with Gasteiger partial charge in [0.25, 0.3) is 5.56 Å². The third-order valence-corrected chi connectivity index (χ3v) is 13.3. The second-order valence-corrected chi connectivity index (χ2v) is 19.6. The van der Waals surface area contributed by atoms with Gasteiger partial charge in [-0.1, -0.05) is 102 Å². The van der Waals surface area contributed by atoms with Gasteiger partial charge in [0.05, 0.1) is 43.6 Å². The van der Waals surface area contributed by atoms with Gasteiger partial charge in [-0.05, 0) is 92.2 Å². The van der Waals surface area contributed by atoms with Crippen molar-refractivity contribution in [3.63, 3.8) is 0 Å². The molecule has 3 aliphatic heterocycles. The minimum absolute atomic E-state index is 0.00670. The Morgan fingerprint density at radius 1 is 0.741 bits per heavy atom. The molecule has 2 aromatic heterocycles. The number of aromatic amines is 1. The average Bonchev–Trinajstić information content (AvgIpc) is 4.15. The number of aromatic nitrogens is 4. The molecule has 0 spiro atoms. The van der Waals surface area contributed by atoms with Crippen LogP contribution in [0.15, 0.2) is 163 Å². The number of aliphatic imine (C=N–C) groups is 2. The number of anilines is 1. The molecule has 3 aliphatic rings. The number of H-pyrrole nitrogens is 1. The molecule has 0 fully saturated rings. The average molecular weight is 1180 g/mol. The van der Waals surface area contributed by atoms with Crippen LogP contribution in [0.3, 0.4) is 0 Å². The zero-order valence-corrected chi connectivity index (χ0v) is 46.4. The topological polar surface area (TPSA) is 211 Å². The Morgan fingerprint density at radius 2 is 1.37 bits per heavy atom. The molecule has 1 unspecified atom stereocenters. The Hall–Kier alpha value is -8.34. The van der Waals surface area contributed by atoms with Crippen LogP contribution >= 0.6 is 47.0 Å². The van der Waals surface area contributed by atoms with Crippen LogP contribution in [-0.4, -0.2) is 92.3 Å². The van der Waals surface area contributed by atoms with Crippen molar-refractivity contribution in [3.8, 4) is 17.2 Å². The van der Waals surface area contributed by atoms with Crippen molar-refractivity contribution >= 4 is 86.5 Å². The van der Waals surface area contributed by atoms with Crippen molar-refractivity contribution < 1.29 is 41.5 Å². The second kappa shape index (κ2) is 25.8. The molecule has 11 rings (SSSR count). The fraction of sp³-hybridized carbons (Fsp3) is 0.175. The van der Waals surface area contributed by atoms with E-state index >= 15 is 0 Å². The van der Waals surface area contributed by atoms with Crippen molar-refractivity contribution in [2.45, 2.75) is 39.0 Å². The maximum atomic E-state index is 14.2. The van der Waals surface area contributed by atoms with Crippen LogP contribution in [0.5, 0.6) is 11.5 Å². The number of alkyl halides is 3. The first-order valence-corrected chi connectivity index (χ1v) is 25.8. The minimum Gasteiger partial charge on any atom is -0.493 e. The minimum atomic E-state index is -4.45. The summed E-state index contributed by atoms with van der Waals surface area (Å²) in [5.74, 6) is 1.21.